The number of hydrogen-bond acceptors (Lipinski definition) is 1. The Kier molecular flexibility index (Phi) is 5.26. The fourth-order valence-electron chi connectivity index (χ4n) is 2.27. The highest BCUT2D eigenvalue weighted by Crippen LogP contribution is 2.27. The van der Waals surface area contributed by atoms with E-state index in [4.69, 9.17) is 11.6 Å². The van der Waals surface area contributed by atoms with E-state index in [9.17, 15) is 13.2 Å². The van der Waals surface area contributed by atoms with Crippen molar-refractivity contribution in [1.29, 1.82) is 0 Å². The molecule has 0 aliphatic carbocycles. The first kappa shape index (κ1) is 15.9. The van der Waals surface area contributed by atoms with Crippen LogP contribution in [0.25, 0.3) is 0 Å². The van der Waals surface area contributed by atoms with Crippen LogP contribution in [0, 0.1) is 17.5 Å². The van der Waals surface area contributed by atoms with Crippen molar-refractivity contribution in [1.82, 2.24) is 5.32 Å². The van der Waals surface area contributed by atoms with Crippen LogP contribution < -0.4 is 5.32 Å². The topological polar surface area (TPSA) is 12.0 Å². The molecule has 2 rings (SSSR count). The summed E-state index contributed by atoms with van der Waals surface area (Å²) in [5, 5.41) is 3.28. The molecule has 0 bridgehead atoms. The molecule has 0 spiro atoms. The van der Waals surface area contributed by atoms with E-state index in [2.05, 4.69) is 5.32 Å². The maximum Gasteiger partial charge on any atom is 0.130 e. The Bertz CT molecular complexity index is 611. The molecule has 21 heavy (non-hydrogen) atoms. The number of benzene rings is 2. The van der Waals surface area contributed by atoms with Gasteiger partial charge in [0.2, 0.25) is 0 Å². The molecule has 2 aromatic carbocycles. The molecule has 0 saturated carbocycles. The van der Waals surface area contributed by atoms with Gasteiger partial charge in [0.25, 0.3) is 0 Å². The molecular formula is C16H15ClF3N. The SMILES string of the molecule is CCNC(Cc1ccc(F)cc1Cl)c1c(F)cccc1F. The maximum absolute atomic E-state index is 13.9. The predicted molar refractivity (Wildman–Crippen MR) is 77.9 cm³/mol. The lowest BCUT2D eigenvalue weighted by molar-refractivity contribution is 0.473. The highest BCUT2D eigenvalue weighted by Gasteiger charge is 2.20. The summed E-state index contributed by atoms with van der Waals surface area (Å²) in [4.78, 5) is 0. The minimum Gasteiger partial charge on any atom is -0.310 e. The fraction of sp³-hybridized carbons (Fsp3) is 0.250. The van der Waals surface area contributed by atoms with Crippen LogP contribution in [-0.2, 0) is 6.42 Å². The van der Waals surface area contributed by atoms with Crippen LogP contribution in [0.5, 0.6) is 0 Å². The summed E-state index contributed by atoms with van der Waals surface area (Å²) in [6.07, 6.45) is 0.269. The Morgan fingerprint density at radius 2 is 1.76 bits per heavy atom. The monoisotopic (exact) mass is 313 g/mol. The molecule has 0 aliphatic heterocycles. The van der Waals surface area contributed by atoms with E-state index < -0.39 is 23.5 Å². The average Bonchev–Trinajstić information content (AvgIpc) is 2.41. The van der Waals surface area contributed by atoms with E-state index in [0.29, 0.717) is 12.1 Å². The van der Waals surface area contributed by atoms with Gasteiger partial charge in [-0.3, -0.25) is 0 Å². The highest BCUT2D eigenvalue weighted by atomic mass is 35.5. The standard InChI is InChI=1S/C16H15ClF3N/c1-2-21-15(16-13(19)4-3-5-14(16)20)8-10-6-7-11(18)9-12(10)17/h3-7,9,15,21H,2,8H2,1H3. The van der Waals surface area contributed by atoms with Crippen LogP contribution in [0.2, 0.25) is 5.02 Å². The molecule has 112 valence electrons. The Hall–Kier alpha value is -1.52. The zero-order chi connectivity index (χ0) is 15.4. The molecule has 0 aliphatic rings. The van der Waals surface area contributed by atoms with Gasteiger partial charge in [-0.15, -0.1) is 0 Å². The Morgan fingerprint density at radius 1 is 1.10 bits per heavy atom. The first-order valence-corrected chi connectivity index (χ1v) is 7.02. The third-order valence-electron chi connectivity index (χ3n) is 3.24. The van der Waals surface area contributed by atoms with E-state index in [-0.39, 0.29) is 17.0 Å². The van der Waals surface area contributed by atoms with Crippen LogP contribution in [0.1, 0.15) is 24.1 Å². The smallest absolute Gasteiger partial charge is 0.130 e. The van der Waals surface area contributed by atoms with Gasteiger partial charge in [0.1, 0.15) is 17.5 Å². The van der Waals surface area contributed by atoms with E-state index in [1.54, 1.807) is 0 Å². The molecule has 1 unspecified atom stereocenters. The van der Waals surface area contributed by atoms with Gasteiger partial charge in [-0.05, 0) is 42.8 Å². The van der Waals surface area contributed by atoms with Gasteiger partial charge in [-0.2, -0.15) is 0 Å². The molecule has 0 amide bonds. The molecule has 0 heterocycles. The van der Waals surface area contributed by atoms with Crippen molar-refractivity contribution in [2.45, 2.75) is 19.4 Å². The molecule has 1 N–H and O–H groups in total. The van der Waals surface area contributed by atoms with Gasteiger partial charge in [0, 0.05) is 16.6 Å². The van der Waals surface area contributed by atoms with E-state index in [1.807, 2.05) is 6.92 Å². The minimum absolute atomic E-state index is 0.0280. The molecule has 0 saturated heterocycles. The molecule has 1 atom stereocenters. The minimum atomic E-state index is -0.612. The van der Waals surface area contributed by atoms with Crippen molar-refractivity contribution >= 4 is 11.6 Å². The largest absolute Gasteiger partial charge is 0.310 e. The zero-order valence-corrected chi connectivity index (χ0v) is 12.2. The quantitative estimate of drug-likeness (QED) is 0.847. The molecule has 1 nitrogen and oxygen atoms in total. The van der Waals surface area contributed by atoms with Crippen LogP contribution in [0.4, 0.5) is 13.2 Å². The molecule has 0 radical (unpaired) electrons. The summed E-state index contributed by atoms with van der Waals surface area (Å²) in [5.41, 5.74) is 0.603. The average molecular weight is 314 g/mol. The van der Waals surface area contributed by atoms with Crippen molar-refractivity contribution in [3.05, 3.63) is 70.0 Å². The summed E-state index contributed by atoms with van der Waals surface area (Å²) >= 11 is 5.99. The number of likely N-dealkylation sites (N-methyl/N-ethyl adjacent to an activating group) is 1. The lowest BCUT2D eigenvalue weighted by Crippen LogP contribution is -2.25. The Labute approximate surface area is 126 Å². The van der Waals surface area contributed by atoms with Crippen LogP contribution in [0.15, 0.2) is 36.4 Å². The van der Waals surface area contributed by atoms with Gasteiger partial charge in [-0.25, -0.2) is 13.2 Å². The fourth-order valence-corrected chi connectivity index (χ4v) is 2.52. The second-order valence-corrected chi connectivity index (χ2v) is 5.09. The molecular weight excluding hydrogens is 299 g/mol. The summed E-state index contributed by atoms with van der Waals surface area (Å²) in [7, 11) is 0. The van der Waals surface area contributed by atoms with Crippen molar-refractivity contribution in [2.24, 2.45) is 0 Å². The van der Waals surface area contributed by atoms with Gasteiger partial charge in [-0.1, -0.05) is 30.7 Å². The lowest BCUT2D eigenvalue weighted by Gasteiger charge is -2.20. The normalized spacial score (nSPS) is 12.4. The summed E-state index contributed by atoms with van der Waals surface area (Å²) in [6.45, 7) is 2.38. The van der Waals surface area contributed by atoms with E-state index in [1.165, 1.54) is 36.4 Å². The predicted octanol–water partition coefficient (Wildman–Crippen LogP) is 4.65. The first-order chi connectivity index (χ1) is 10.0. The van der Waals surface area contributed by atoms with Gasteiger partial charge in [0.05, 0.1) is 0 Å². The molecule has 2 aromatic rings. The van der Waals surface area contributed by atoms with E-state index >= 15 is 0 Å². The number of halogens is 4. The number of nitrogens with one attached hydrogen (secondary N) is 1. The third kappa shape index (κ3) is 3.77. The second kappa shape index (κ2) is 6.96. The summed E-state index contributed by atoms with van der Waals surface area (Å²) < 4.78 is 40.9. The van der Waals surface area contributed by atoms with Crippen molar-refractivity contribution in [3.63, 3.8) is 0 Å². The maximum atomic E-state index is 13.9. The summed E-state index contributed by atoms with van der Waals surface area (Å²) in [6, 6.07) is 7.19. The van der Waals surface area contributed by atoms with Crippen molar-refractivity contribution < 1.29 is 13.2 Å². The zero-order valence-electron chi connectivity index (χ0n) is 11.5. The molecule has 0 fully saturated rings. The molecule has 0 aromatic heterocycles. The summed E-state index contributed by atoms with van der Waals surface area (Å²) in [5.74, 6) is -1.67. The first-order valence-electron chi connectivity index (χ1n) is 6.64. The lowest BCUT2D eigenvalue weighted by atomic mass is 9.97. The van der Waals surface area contributed by atoms with Crippen molar-refractivity contribution in [2.75, 3.05) is 6.54 Å². The number of hydrogen-bond donors (Lipinski definition) is 1. The van der Waals surface area contributed by atoms with Crippen LogP contribution in [-0.4, -0.2) is 6.54 Å². The Balaban J connectivity index is 2.35. The van der Waals surface area contributed by atoms with Crippen LogP contribution in [0.3, 0.4) is 0 Å². The number of rotatable bonds is 5. The van der Waals surface area contributed by atoms with Crippen molar-refractivity contribution in [3.8, 4) is 0 Å². The van der Waals surface area contributed by atoms with Crippen LogP contribution >= 0.6 is 11.6 Å². The Morgan fingerprint density at radius 3 is 2.33 bits per heavy atom. The van der Waals surface area contributed by atoms with E-state index in [0.717, 1.165) is 0 Å². The van der Waals surface area contributed by atoms with Gasteiger partial charge >= 0.3 is 0 Å². The second-order valence-electron chi connectivity index (χ2n) is 4.69. The van der Waals surface area contributed by atoms with Gasteiger partial charge in [0.15, 0.2) is 0 Å². The third-order valence-corrected chi connectivity index (χ3v) is 3.59. The highest BCUT2D eigenvalue weighted by molar-refractivity contribution is 6.31. The molecule has 5 heteroatoms. The van der Waals surface area contributed by atoms with Gasteiger partial charge < -0.3 is 5.32 Å².